The summed E-state index contributed by atoms with van der Waals surface area (Å²) in [7, 11) is 0. The van der Waals surface area contributed by atoms with Gasteiger partial charge in [0.15, 0.2) is 16.6 Å². The third kappa shape index (κ3) is 3.26. The number of amides is 1. The Bertz CT molecular complexity index is 1190. The van der Waals surface area contributed by atoms with Crippen molar-refractivity contribution in [3.8, 4) is 28.8 Å². The zero-order valence-corrected chi connectivity index (χ0v) is 15.5. The molecule has 0 bridgehead atoms. The molecular weight excluding hydrogens is 374 g/mol. The third-order valence-corrected chi connectivity index (χ3v) is 4.80. The SMILES string of the molecule is Cc1cccnc1-c1csc(NC(=O)c2c(C#N)noc2-c2ccccc2)n1. The number of nitrogens with one attached hydrogen (secondary N) is 1. The van der Waals surface area contributed by atoms with Gasteiger partial charge >= 0.3 is 0 Å². The minimum absolute atomic E-state index is 0.0753. The average Bonchev–Trinajstić information content (AvgIpc) is 3.36. The summed E-state index contributed by atoms with van der Waals surface area (Å²) >= 11 is 1.28. The van der Waals surface area contributed by atoms with Crippen molar-refractivity contribution < 1.29 is 9.32 Å². The fourth-order valence-corrected chi connectivity index (χ4v) is 3.41. The molecule has 1 amide bonds. The van der Waals surface area contributed by atoms with Crippen molar-refractivity contribution in [2.45, 2.75) is 6.92 Å². The first-order valence-corrected chi connectivity index (χ1v) is 9.19. The van der Waals surface area contributed by atoms with E-state index in [2.05, 4.69) is 20.4 Å². The highest BCUT2D eigenvalue weighted by molar-refractivity contribution is 7.14. The van der Waals surface area contributed by atoms with Crippen LogP contribution in [0.1, 0.15) is 21.6 Å². The molecule has 1 N–H and O–H groups in total. The first kappa shape index (κ1) is 17.6. The van der Waals surface area contributed by atoms with Crippen LogP contribution in [-0.4, -0.2) is 21.0 Å². The number of pyridine rings is 1. The van der Waals surface area contributed by atoms with E-state index in [4.69, 9.17) is 4.52 Å². The van der Waals surface area contributed by atoms with Gasteiger partial charge in [0, 0.05) is 17.1 Å². The van der Waals surface area contributed by atoms with Crippen LogP contribution in [0.2, 0.25) is 0 Å². The number of aryl methyl sites for hydroxylation is 1. The van der Waals surface area contributed by atoms with Crippen LogP contribution in [0, 0.1) is 18.3 Å². The largest absolute Gasteiger partial charge is 0.354 e. The first-order valence-electron chi connectivity index (χ1n) is 8.31. The number of rotatable bonds is 4. The Morgan fingerprint density at radius 3 is 2.79 bits per heavy atom. The lowest BCUT2D eigenvalue weighted by Crippen LogP contribution is -2.13. The predicted molar refractivity (Wildman–Crippen MR) is 105 cm³/mol. The second-order valence-corrected chi connectivity index (χ2v) is 6.73. The van der Waals surface area contributed by atoms with Crippen molar-refractivity contribution in [3.63, 3.8) is 0 Å². The van der Waals surface area contributed by atoms with Crippen LogP contribution in [0.3, 0.4) is 0 Å². The fraction of sp³-hybridized carbons (Fsp3) is 0.0500. The molecule has 3 aromatic heterocycles. The number of thiazole rings is 1. The van der Waals surface area contributed by atoms with E-state index in [0.717, 1.165) is 11.3 Å². The Morgan fingerprint density at radius 1 is 1.21 bits per heavy atom. The van der Waals surface area contributed by atoms with Crippen LogP contribution in [-0.2, 0) is 0 Å². The smallest absolute Gasteiger partial charge is 0.264 e. The zero-order chi connectivity index (χ0) is 19.5. The third-order valence-electron chi connectivity index (χ3n) is 4.04. The summed E-state index contributed by atoms with van der Waals surface area (Å²) in [4.78, 5) is 21.6. The maximum absolute atomic E-state index is 12.9. The van der Waals surface area contributed by atoms with Crippen LogP contribution >= 0.6 is 11.3 Å². The molecule has 4 rings (SSSR count). The minimum Gasteiger partial charge on any atom is -0.354 e. The van der Waals surface area contributed by atoms with Gasteiger partial charge in [-0.3, -0.25) is 15.1 Å². The molecule has 0 saturated heterocycles. The molecule has 136 valence electrons. The summed E-state index contributed by atoms with van der Waals surface area (Å²) in [5.74, 6) is -0.262. The van der Waals surface area contributed by atoms with Crippen LogP contribution < -0.4 is 5.32 Å². The zero-order valence-electron chi connectivity index (χ0n) is 14.7. The molecule has 0 atom stereocenters. The van der Waals surface area contributed by atoms with Gasteiger partial charge in [-0.2, -0.15) is 5.26 Å². The number of benzene rings is 1. The molecular formula is C20H13N5O2S. The second-order valence-electron chi connectivity index (χ2n) is 5.87. The summed E-state index contributed by atoms with van der Waals surface area (Å²) in [6.07, 6.45) is 1.70. The van der Waals surface area contributed by atoms with Crippen molar-refractivity contribution in [1.82, 2.24) is 15.1 Å². The van der Waals surface area contributed by atoms with E-state index in [1.807, 2.05) is 48.7 Å². The minimum atomic E-state index is -0.504. The molecule has 8 heteroatoms. The van der Waals surface area contributed by atoms with E-state index >= 15 is 0 Å². The maximum atomic E-state index is 12.9. The molecule has 0 aliphatic rings. The topological polar surface area (TPSA) is 105 Å². The Hall–Kier alpha value is -3.83. The Kier molecular flexibility index (Phi) is 4.66. The van der Waals surface area contributed by atoms with Crippen molar-refractivity contribution in [3.05, 3.63) is 70.9 Å². The summed E-state index contributed by atoms with van der Waals surface area (Å²) < 4.78 is 5.26. The van der Waals surface area contributed by atoms with Crippen molar-refractivity contribution in [2.24, 2.45) is 0 Å². The number of carbonyl (C=O) groups excluding carboxylic acids is 1. The van der Waals surface area contributed by atoms with Crippen molar-refractivity contribution in [1.29, 1.82) is 5.26 Å². The van der Waals surface area contributed by atoms with Gasteiger partial charge in [-0.05, 0) is 18.6 Å². The molecule has 28 heavy (non-hydrogen) atoms. The molecule has 0 aliphatic carbocycles. The number of anilines is 1. The molecule has 0 saturated carbocycles. The number of nitrogens with zero attached hydrogens (tertiary/aromatic N) is 4. The van der Waals surface area contributed by atoms with Crippen LogP contribution in [0.15, 0.2) is 58.6 Å². The molecule has 0 aliphatic heterocycles. The molecule has 0 spiro atoms. The molecule has 0 unspecified atom stereocenters. The van der Waals surface area contributed by atoms with E-state index in [1.54, 1.807) is 18.3 Å². The average molecular weight is 387 g/mol. The molecule has 0 radical (unpaired) electrons. The fourth-order valence-electron chi connectivity index (χ4n) is 2.72. The number of nitriles is 1. The molecule has 3 heterocycles. The van der Waals surface area contributed by atoms with E-state index in [1.165, 1.54) is 11.3 Å². The van der Waals surface area contributed by atoms with Gasteiger partial charge in [-0.15, -0.1) is 11.3 Å². The summed E-state index contributed by atoms with van der Waals surface area (Å²) in [5, 5.41) is 18.0. The van der Waals surface area contributed by atoms with Gasteiger partial charge in [0.25, 0.3) is 5.91 Å². The van der Waals surface area contributed by atoms with Gasteiger partial charge in [0.1, 0.15) is 17.3 Å². The van der Waals surface area contributed by atoms with E-state index in [9.17, 15) is 10.1 Å². The highest BCUT2D eigenvalue weighted by Gasteiger charge is 2.25. The maximum Gasteiger partial charge on any atom is 0.264 e. The molecule has 1 aromatic carbocycles. The van der Waals surface area contributed by atoms with Crippen LogP contribution in [0.4, 0.5) is 5.13 Å². The number of carbonyl (C=O) groups is 1. The van der Waals surface area contributed by atoms with Gasteiger partial charge in [-0.1, -0.05) is 41.6 Å². The Morgan fingerprint density at radius 2 is 2.04 bits per heavy atom. The van der Waals surface area contributed by atoms with Gasteiger partial charge < -0.3 is 4.52 Å². The first-order chi connectivity index (χ1) is 13.7. The van der Waals surface area contributed by atoms with Gasteiger partial charge in [0.2, 0.25) is 0 Å². The van der Waals surface area contributed by atoms with E-state index in [0.29, 0.717) is 16.4 Å². The summed E-state index contributed by atoms with van der Waals surface area (Å²) in [6, 6.07) is 14.7. The van der Waals surface area contributed by atoms with Crippen molar-refractivity contribution >= 4 is 22.4 Å². The molecule has 0 fully saturated rings. The van der Waals surface area contributed by atoms with Gasteiger partial charge in [0.05, 0.1) is 5.69 Å². The summed E-state index contributed by atoms with van der Waals surface area (Å²) in [6.45, 7) is 1.95. The Balaban J connectivity index is 1.65. The highest BCUT2D eigenvalue weighted by atomic mass is 32.1. The van der Waals surface area contributed by atoms with Crippen LogP contribution in [0.25, 0.3) is 22.7 Å². The highest BCUT2D eigenvalue weighted by Crippen LogP contribution is 2.29. The molecule has 4 aromatic rings. The normalized spacial score (nSPS) is 10.4. The predicted octanol–water partition coefficient (Wildman–Crippen LogP) is 4.29. The van der Waals surface area contributed by atoms with Gasteiger partial charge in [-0.25, -0.2) is 4.98 Å². The van der Waals surface area contributed by atoms with Crippen molar-refractivity contribution in [2.75, 3.05) is 5.32 Å². The standard InChI is InChI=1S/C20H13N5O2S/c1-12-6-5-9-22-17(12)15-11-28-20(23-15)24-19(26)16-14(10-21)25-27-18(16)13-7-3-2-4-8-13/h2-9,11H,1H3,(H,23,24,26). The second kappa shape index (κ2) is 7.42. The quantitative estimate of drug-likeness (QED) is 0.560. The number of aromatic nitrogens is 3. The van der Waals surface area contributed by atoms with E-state index in [-0.39, 0.29) is 17.0 Å². The monoisotopic (exact) mass is 387 g/mol. The Labute approximate surface area is 164 Å². The lowest BCUT2D eigenvalue weighted by Gasteiger charge is -2.03. The number of hydrogen-bond acceptors (Lipinski definition) is 7. The summed E-state index contributed by atoms with van der Waals surface area (Å²) in [5.41, 5.74) is 3.08. The lowest BCUT2D eigenvalue weighted by molar-refractivity contribution is 0.102. The van der Waals surface area contributed by atoms with E-state index < -0.39 is 5.91 Å². The lowest BCUT2D eigenvalue weighted by atomic mass is 10.1. The van der Waals surface area contributed by atoms with Crippen LogP contribution in [0.5, 0.6) is 0 Å². The number of hydrogen-bond donors (Lipinski definition) is 1. The molecule has 7 nitrogen and oxygen atoms in total.